The average molecular weight is 383 g/mol. The second kappa shape index (κ2) is 8.33. The number of nitrogens with one attached hydrogen (secondary N) is 1. The molecule has 6 heteroatoms. The highest BCUT2D eigenvalue weighted by atomic mass is 32.2. The van der Waals surface area contributed by atoms with Crippen LogP contribution in [0.3, 0.4) is 0 Å². The van der Waals surface area contributed by atoms with Crippen molar-refractivity contribution >= 4 is 32.2 Å². The fourth-order valence-corrected chi connectivity index (χ4v) is 4.31. The van der Waals surface area contributed by atoms with E-state index in [0.29, 0.717) is 17.9 Å². The molecule has 27 heavy (non-hydrogen) atoms. The minimum absolute atomic E-state index is 0.175. The molecule has 3 aromatic carbocycles. The number of carbonyl (C=O) groups excluding carboxylic acids is 1. The largest absolute Gasteiger partial charge is 0.380 e. The lowest BCUT2D eigenvalue weighted by atomic mass is 10.1. The predicted octanol–water partition coefficient (Wildman–Crippen LogP) is 3.54. The Bertz CT molecular complexity index is 1060. The maximum Gasteiger partial charge on any atom is 0.239 e. The molecule has 0 fully saturated rings. The molecule has 0 radical (unpaired) electrons. The maximum atomic E-state index is 12.5. The van der Waals surface area contributed by atoms with Gasteiger partial charge in [-0.05, 0) is 34.0 Å². The molecule has 0 atom stereocenters. The van der Waals surface area contributed by atoms with Crippen molar-refractivity contribution in [3.8, 4) is 0 Å². The van der Waals surface area contributed by atoms with Gasteiger partial charge in [-0.25, -0.2) is 8.42 Å². The molecule has 3 aromatic rings. The lowest BCUT2D eigenvalue weighted by molar-refractivity contribution is -0.113. The number of amides is 1. The van der Waals surface area contributed by atoms with Crippen LogP contribution in [0.2, 0.25) is 0 Å². The van der Waals surface area contributed by atoms with Crippen LogP contribution in [0, 0.1) is 0 Å². The summed E-state index contributed by atoms with van der Waals surface area (Å²) >= 11 is 0. The van der Waals surface area contributed by atoms with Gasteiger partial charge in [-0.3, -0.25) is 4.79 Å². The highest BCUT2D eigenvalue weighted by Crippen LogP contribution is 2.21. The van der Waals surface area contributed by atoms with Gasteiger partial charge in [0.15, 0.2) is 9.84 Å². The summed E-state index contributed by atoms with van der Waals surface area (Å²) < 4.78 is 30.1. The van der Waals surface area contributed by atoms with Crippen molar-refractivity contribution in [3.05, 3.63) is 77.9 Å². The molecule has 0 aliphatic carbocycles. The van der Waals surface area contributed by atoms with Crippen molar-refractivity contribution < 1.29 is 17.9 Å². The summed E-state index contributed by atoms with van der Waals surface area (Å²) in [7, 11) is -2.01. The molecule has 140 valence electrons. The standard InChI is InChI=1S/C21H21NO4S/c1-26-13-16-6-4-10-19(12-16)22-21(23)15-27(24,25)14-18-9-5-8-17-7-2-3-11-20(17)18/h2-12H,13-15H2,1H3,(H,22,23). The van der Waals surface area contributed by atoms with E-state index >= 15 is 0 Å². The van der Waals surface area contributed by atoms with Crippen molar-refractivity contribution in [1.82, 2.24) is 0 Å². The Morgan fingerprint density at radius 1 is 1.00 bits per heavy atom. The van der Waals surface area contributed by atoms with Gasteiger partial charge in [0.05, 0.1) is 12.4 Å². The fraction of sp³-hybridized carbons (Fsp3) is 0.190. The maximum absolute atomic E-state index is 12.5. The third-order valence-electron chi connectivity index (χ3n) is 4.13. The molecule has 0 aromatic heterocycles. The summed E-state index contributed by atoms with van der Waals surface area (Å²) in [5.41, 5.74) is 2.15. The van der Waals surface area contributed by atoms with Gasteiger partial charge in [-0.15, -0.1) is 0 Å². The number of ether oxygens (including phenoxy) is 1. The molecule has 0 heterocycles. The minimum atomic E-state index is -3.60. The summed E-state index contributed by atoms with van der Waals surface area (Å²) in [6.07, 6.45) is 0. The number of methoxy groups -OCH3 is 1. The average Bonchev–Trinajstić information content (AvgIpc) is 2.62. The van der Waals surface area contributed by atoms with Gasteiger partial charge >= 0.3 is 0 Å². The van der Waals surface area contributed by atoms with E-state index in [9.17, 15) is 13.2 Å². The molecule has 0 aliphatic heterocycles. The van der Waals surface area contributed by atoms with Crippen LogP contribution in [0.1, 0.15) is 11.1 Å². The molecule has 0 saturated heterocycles. The third-order valence-corrected chi connectivity index (χ3v) is 5.58. The number of hydrogen-bond donors (Lipinski definition) is 1. The van der Waals surface area contributed by atoms with Crippen molar-refractivity contribution in [2.24, 2.45) is 0 Å². The molecule has 5 nitrogen and oxygen atoms in total. The molecular weight excluding hydrogens is 362 g/mol. The van der Waals surface area contributed by atoms with Gasteiger partial charge < -0.3 is 10.1 Å². The van der Waals surface area contributed by atoms with Crippen LogP contribution in [0.5, 0.6) is 0 Å². The van der Waals surface area contributed by atoms with Crippen molar-refractivity contribution in [2.75, 3.05) is 18.2 Å². The first-order valence-electron chi connectivity index (χ1n) is 8.52. The van der Waals surface area contributed by atoms with E-state index < -0.39 is 21.5 Å². The number of benzene rings is 3. The molecule has 1 N–H and O–H groups in total. The number of rotatable bonds is 7. The van der Waals surface area contributed by atoms with Gasteiger partial charge in [0.2, 0.25) is 5.91 Å². The first kappa shape index (κ1) is 19.1. The molecule has 1 amide bonds. The number of carbonyl (C=O) groups is 1. The van der Waals surface area contributed by atoms with Gasteiger partial charge in [0.25, 0.3) is 0 Å². The number of anilines is 1. The van der Waals surface area contributed by atoms with Gasteiger partial charge in [0.1, 0.15) is 5.75 Å². The molecule has 0 unspecified atom stereocenters. The second-order valence-electron chi connectivity index (χ2n) is 6.35. The molecular formula is C21H21NO4S. The van der Waals surface area contributed by atoms with Crippen LogP contribution in [-0.2, 0) is 31.7 Å². The van der Waals surface area contributed by atoms with Crippen LogP contribution in [0.4, 0.5) is 5.69 Å². The fourth-order valence-electron chi connectivity index (χ4n) is 3.01. The Hall–Kier alpha value is -2.70. The summed E-state index contributed by atoms with van der Waals surface area (Å²) in [5.74, 6) is -1.29. The number of fused-ring (bicyclic) bond motifs is 1. The third kappa shape index (κ3) is 5.15. The smallest absolute Gasteiger partial charge is 0.239 e. The Kier molecular flexibility index (Phi) is 5.88. The van der Waals surface area contributed by atoms with E-state index in [-0.39, 0.29) is 5.75 Å². The van der Waals surface area contributed by atoms with Crippen LogP contribution < -0.4 is 5.32 Å². The molecule has 0 aliphatic rings. The summed E-state index contributed by atoms with van der Waals surface area (Å²) in [6, 6.07) is 20.3. The van der Waals surface area contributed by atoms with Gasteiger partial charge in [-0.2, -0.15) is 0 Å². The molecule has 3 rings (SSSR count). The Balaban J connectivity index is 1.70. The Morgan fingerprint density at radius 3 is 2.56 bits per heavy atom. The summed E-state index contributed by atoms with van der Waals surface area (Å²) in [4.78, 5) is 12.2. The van der Waals surface area contributed by atoms with Crippen LogP contribution in [-0.4, -0.2) is 27.2 Å². The van der Waals surface area contributed by atoms with Gasteiger partial charge in [-0.1, -0.05) is 54.6 Å². The summed E-state index contributed by atoms with van der Waals surface area (Å²) in [6.45, 7) is 0.420. The Labute approximate surface area is 158 Å². The second-order valence-corrected chi connectivity index (χ2v) is 8.42. The van der Waals surface area contributed by atoms with E-state index in [0.717, 1.165) is 16.3 Å². The predicted molar refractivity (Wildman–Crippen MR) is 107 cm³/mol. The zero-order valence-electron chi connectivity index (χ0n) is 15.0. The van der Waals surface area contributed by atoms with E-state index in [2.05, 4.69) is 5.32 Å². The lowest BCUT2D eigenvalue weighted by Gasteiger charge is -2.09. The topological polar surface area (TPSA) is 72.5 Å². The zero-order chi connectivity index (χ0) is 19.3. The monoisotopic (exact) mass is 383 g/mol. The van der Waals surface area contributed by atoms with Crippen molar-refractivity contribution in [2.45, 2.75) is 12.4 Å². The highest BCUT2D eigenvalue weighted by molar-refractivity contribution is 7.91. The van der Waals surface area contributed by atoms with Crippen LogP contribution in [0.25, 0.3) is 10.8 Å². The molecule has 0 bridgehead atoms. The van der Waals surface area contributed by atoms with E-state index in [1.54, 1.807) is 31.4 Å². The van der Waals surface area contributed by atoms with Crippen molar-refractivity contribution in [1.29, 1.82) is 0 Å². The first-order valence-corrected chi connectivity index (χ1v) is 10.3. The SMILES string of the molecule is COCc1cccc(NC(=O)CS(=O)(=O)Cc2cccc3ccccc23)c1. The highest BCUT2D eigenvalue weighted by Gasteiger charge is 2.19. The van der Waals surface area contributed by atoms with Crippen LogP contribution in [0.15, 0.2) is 66.7 Å². The first-order chi connectivity index (χ1) is 13.0. The quantitative estimate of drug-likeness (QED) is 0.677. The number of hydrogen-bond acceptors (Lipinski definition) is 4. The van der Waals surface area contributed by atoms with E-state index in [4.69, 9.17) is 4.74 Å². The van der Waals surface area contributed by atoms with E-state index in [1.165, 1.54) is 0 Å². The minimum Gasteiger partial charge on any atom is -0.380 e. The van der Waals surface area contributed by atoms with Crippen LogP contribution >= 0.6 is 0 Å². The summed E-state index contributed by atoms with van der Waals surface area (Å²) in [5, 5.41) is 4.51. The molecule has 0 saturated carbocycles. The lowest BCUT2D eigenvalue weighted by Crippen LogP contribution is -2.24. The normalized spacial score (nSPS) is 11.4. The van der Waals surface area contributed by atoms with E-state index in [1.807, 2.05) is 42.5 Å². The zero-order valence-corrected chi connectivity index (χ0v) is 15.8. The molecule has 0 spiro atoms. The van der Waals surface area contributed by atoms with Gasteiger partial charge in [0, 0.05) is 12.8 Å². The van der Waals surface area contributed by atoms with Crippen molar-refractivity contribution in [3.63, 3.8) is 0 Å². The number of sulfone groups is 1. The Morgan fingerprint density at radius 2 is 1.74 bits per heavy atom.